The molecule has 9 nitrogen and oxygen atoms in total. The molecule has 0 spiro atoms. The Bertz CT molecular complexity index is 877. The normalized spacial score (nSPS) is 21.7. The zero-order valence-electron chi connectivity index (χ0n) is 17.7. The Balaban J connectivity index is 1.63. The van der Waals surface area contributed by atoms with Gasteiger partial charge in [0.05, 0.1) is 36.9 Å². The van der Waals surface area contributed by atoms with Crippen LogP contribution in [0.1, 0.15) is 45.3 Å². The van der Waals surface area contributed by atoms with Gasteiger partial charge in [-0.3, -0.25) is 4.98 Å². The highest BCUT2D eigenvalue weighted by Gasteiger charge is 2.34. The summed E-state index contributed by atoms with van der Waals surface area (Å²) in [5.41, 5.74) is 0.922. The lowest BCUT2D eigenvalue weighted by molar-refractivity contribution is -0.113. The Labute approximate surface area is 175 Å². The van der Waals surface area contributed by atoms with E-state index in [0.29, 0.717) is 35.3 Å². The zero-order valence-corrected chi connectivity index (χ0v) is 17.7. The number of rotatable bonds is 5. The summed E-state index contributed by atoms with van der Waals surface area (Å²) in [6.45, 7) is 5.61. The van der Waals surface area contributed by atoms with E-state index in [4.69, 9.17) is 14.2 Å². The van der Waals surface area contributed by atoms with Crippen molar-refractivity contribution >= 4 is 17.1 Å². The van der Waals surface area contributed by atoms with Gasteiger partial charge in [-0.05, 0) is 45.7 Å². The van der Waals surface area contributed by atoms with E-state index in [9.17, 15) is 15.0 Å². The number of aliphatic hydroxyl groups is 2. The van der Waals surface area contributed by atoms with E-state index in [2.05, 4.69) is 15.3 Å². The Morgan fingerprint density at radius 1 is 1.27 bits per heavy atom. The van der Waals surface area contributed by atoms with Gasteiger partial charge in [-0.15, -0.1) is 0 Å². The molecule has 4 atom stereocenters. The fourth-order valence-corrected chi connectivity index (χ4v) is 3.40. The summed E-state index contributed by atoms with van der Waals surface area (Å²) in [4.78, 5) is 20.5. The average Bonchev–Trinajstić information content (AvgIpc) is 2.71. The van der Waals surface area contributed by atoms with E-state index < -0.39 is 30.0 Å². The highest BCUT2D eigenvalue weighted by atomic mass is 16.6. The second kappa shape index (κ2) is 9.11. The summed E-state index contributed by atoms with van der Waals surface area (Å²) < 4.78 is 16.1. The van der Waals surface area contributed by atoms with Gasteiger partial charge in [-0.2, -0.15) is 0 Å². The predicted octanol–water partition coefficient (Wildman–Crippen LogP) is 2.10. The number of aliphatic hydroxyl groups excluding tert-OH is 2. The first kappa shape index (κ1) is 22.2. The Morgan fingerprint density at radius 3 is 2.67 bits per heavy atom. The number of nitrogens with one attached hydrogen (secondary N) is 1. The van der Waals surface area contributed by atoms with Gasteiger partial charge in [-0.25, -0.2) is 9.78 Å². The Kier molecular flexibility index (Phi) is 6.74. The molecule has 2 aromatic heterocycles. The Hall–Kier alpha value is -2.49. The second-order valence-electron chi connectivity index (χ2n) is 8.35. The number of ether oxygens (including phenoxy) is 3. The molecule has 0 aromatic carbocycles. The van der Waals surface area contributed by atoms with E-state index in [1.807, 2.05) is 0 Å². The molecule has 3 N–H and O–H groups in total. The van der Waals surface area contributed by atoms with Crippen molar-refractivity contribution in [3.8, 4) is 5.88 Å². The number of aromatic nitrogens is 2. The molecular weight excluding hydrogens is 390 g/mol. The molecule has 30 heavy (non-hydrogen) atoms. The van der Waals surface area contributed by atoms with E-state index in [0.717, 1.165) is 0 Å². The van der Waals surface area contributed by atoms with Crippen molar-refractivity contribution in [2.75, 3.05) is 13.7 Å². The van der Waals surface area contributed by atoms with Crippen molar-refractivity contribution in [3.63, 3.8) is 0 Å². The van der Waals surface area contributed by atoms with Crippen LogP contribution >= 0.6 is 0 Å². The monoisotopic (exact) mass is 419 g/mol. The third kappa shape index (κ3) is 5.35. The van der Waals surface area contributed by atoms with Crippen LogP contribution in [0.25, 0.3) is 11.0 Å². The fraction of sp³-hybridized carbons (Fsp3) is 0.571. The van der Waals surface area contributed by atoms with E-state index in [1.54, 1.807) is 45.2 Å². The van der Waals surface area contributed by atoms with Crippen molar-refractivity contribution in [3.05, 3.63) is 30.0 Å². The number of carbonyl (C=O) groups is 1. The fourth-order valence-electron chi connectivity index (χ4n) is 3.40. The molecular formula is C21H29N3O6. The molecule has 2 aromatic rings. The van der Waals surface area contributed by atoms with Crippen LogP contribution in [0.4, 0.5) is 4.79 Å². The summed E-state index contributed by atoms with van der Waals surface area (Å²) in [6, 6.07) is 4.84. The third-order valence-corrected chi connectivity index (χ3v) is 4.85. The molecule has 0 radical (unpaired) electrons. The number of hydrogen-bond donors (Lipinski definition) is 3. The van der Waals surface area contributed by atoms with Crippen molar-refractivity contribution in [2.24, 2.45) is 0 Å². The largest absolute Gasteiger partial charge is 0.481 e. The minimum absolute atomic E-state index is 0.215. The van der Waals surface area contributed by atoms with Gasteiger partial charge in [0, 0.05) is 17.8 Å². The summed E-state index contributed by atoms with van der Waals surface area (Å²) >= 11 is 0. The number of alkyl carbamates (subject to hydrolysis) is 1. The van der Waals surface area contributed by atoms with Gasteiger partial charge >= 0.3 is 6.09 Å². The first-order valence-electron chi connectivity index (χ1n) is 9.95. The molecule has 1 fully saturated rings. The minimum atomic E-state index is -1.21. The summed E-state index contributed by atoms with van der Waals surface area (Å²) in [6.07, 6.45) is -0.829. The number of methoxy groups -OCH3 is 1. The highest BCUT2D eigenvalue weighted by molar-refractivity contribution is 5.78. The van der Waals surface area contributed by atoms with Crippen molar-refractivity contribution < 1.29 is 29.2 Å². The topological polar surface area (TPSA) is 123 Å². The predicted molar refractivity (Wildman–Crippen MR) is 109 cm³/mol. The van der Waals surface area contributed by atoms with Crippen LogP contribution in [-0.4, -0.2) is 63.8 Å². The maximum Gasteiger partial charge on any atom is 0.407 e. The molecule has 0 aliphatic carbocycles. The first-order chi connectivity index (χ1) is 14.2. The van der Waals surface area contributed by atoms with Crippen LogP contribution in [0.15, 0.2) is 24.4 Å². The van der Waals surface area contributed by atoms with Crippen LogP contribution < -0.4 is 10.1 Å². The van der Waals surface area contributed by atoms with Crippen molar-refractivity contribution in [1.29, 1.82) is 0 Å². The molecule has 1 saturated heterocycles. The number of nitrogens with zero attached hydrogens (tertiary/aromatic N) is 2. The molecule has 3 rings (SSSR count). The van der Waals surface area contributed by atoms with Crippen LogP contribution in [0.5, 0.6) is 5.88 Å². The highest BCUT2D eigenvalue weighted by Crippen LogP contribution is 2.29. The quantitative estimate of drug-likeness (QED) is 0.673. The van der Waals surface area contributed by atoms with Gasteiger partial charge in [0.1, 0.15) is 17.8 Å². The molecule has 1 aliphatic rings. The molecule has 164 valence electrons. The van der Waals surface area contributed by atoms with Gasteiger partial charge in [-0.1, -0.05) is 0 Å². The van der Waals surface area contributed by atoms with Crippen LogP contribution in [0, 0.1) is 0 Å². The lowest BCUT2D eigenvalue weighted by atomic mass is 9.94. The standard InChI is InChI=1S/C21H29N3O6/c1-21(2,3)30-20(27)23-12-5-7-15(29-11-12)19(26)18(25)13-9-10-22-14-6-8-16(28-4)24-17(13)14/h6,8-10,12,15,18-19,25-26H,5,7,11H2,1-4H3,(H,23,27)/t12-,15+,18+,19+/m0/s1. The number of carbonyl (C=O) groups excluding carboxylic acids is 1. The molecule has 3 heterocycles. The van der Waals surface area contributed by atoms with Crippen molar-refractivity contribution in [2.45, 2.75) is 63.6 Å². The van der Waals surface area contributed by atoms with Crippen molar-refractivity contribution in [1.82, 2.24) is 15.3 Å². The lowest BCUT2D eigenvalue weighted by Crippen LogP contribution is -2.47. The summed E-state index contributed by atoms with van der Waals surface area (Å²) in [5.74, 6) is 0.392. The van der Waals surface area contributed by atoms with Crippen LogP contribution in [0.3, 0.4) is 0 Å². The average molecular weight is 419 g/mol. The van der Waals surface area contributed by atoms with Crippen LogP contribution in [-0.2, 0) is 9.47 Å². The second-order valence-corrected chi connectivity index (χ2v) is 8.35. The number of fused-ring (bicyclic) bond motifs is 1. The number of amides is 1. The smallest absolute Gasteiger partial charge is 0.407 e. The van der Waals surface area contributed by atoms with Gasteiger partial charge in [0.2, 0.25) is 5.88 Å². The van der Waals surface area contributed by atoms with E-state index in [-0.39, 0.29) is 12.6 Å². The molecule has 0 saturated carbocycles. The zero-order chi connectivity index (χ0) is 21.9. The van der Waals surface area contributed by atoms with Crippen LogP contribution in [0.2, 0.25) is 0 Å². The summed E-state index contributed by atoms with van der Waals surface area (Å²) in [5, 5.41) is 24.3. The lowest BCUT2D eigenvalue weighted by Gasteiger charge is -2.34. The van der Waals surface area contributed by atoms with Gasteiger partial charge < -0.3 is 29.7 Å². The maximum absolute atomic E-state index is 11.9. The molecule has 1 amide bonds. The molecule has 0 bridgehead atoms. The third-order valence-electron chi connectivity index (χ3n) is 4.85. The minimum Gasteiger partial charge on any atom is -0.481 e. The summed E-state index contributed by atoms with van der Waals surface area (Å²) in [7, 11) is 1.51. The number of hydrogen-bond acceptors (Lipinski definition) is 8. The first-order valence-corrected chi connectivity index (χ1v) is 9.95. The molecule has 0 unspecified atom stereocenters. The maximum atomic E-state index is 11.9. The Morgan fingerprint density at radius 2 is 2.03 bits per heavy atom. The molecule has 1 aliphatic heterocycles. The number of pyridine rings is 2. The molecule has 9 heteroatoms. The van der Waals surface area contributed by atoms with E-state index >= 15 is 0 Å². The SMILES string of the molecule is COc1ccc2nccc([C@@H](O)[C@H](O)[C@H]3CC[C@H](NC(=O)OC(C)(C)C)CO3)c2n1. The van der Waals surface area contributed by atoms with E-state index in [1.165, 1.54) is 7.11 Å². The van der Waals surface area contributed by atoms with Gasteiger partial charge in [0.25, 0.3) is 0 Å². The van der Waals surface area contributed by atoms with Gasteiger partial charge in [0.15, 0.2) is 0 Å².